The van der Waals surface area contributed by atoms with Gasteiger partial charge in [-0.25, -0.2) is 0 Å². The zero-order valence-corrected chi connectivity index (χ0v) is 17.0. The second kappa shape index (κ2) is 11.1. The van der Waals surface area contributed by atoms with Crippen LogP contribution in [0.3, 0.4) is 0 Å². The molecule has 0 radical (unpaired) electrons. The van der Waals surface area contributed by atoms with Gasteiger partial charge in [-0.15, -0.1) is 13.2 Å². The fourth-order valence-electron chi connectivity index (χ4n) is 3.48. The Bertz CT molecular complexity index is 778. The van der Waals surface area contributed by atoms with E-state index in [1.54, 1.807) is 36.4 Å². The lowest BCUT2D eigenvalue weighted by atomic mass is 9.67. The molecule has 1 aliphatic rings. The maximum absolute atomic E-state index is 9.56. The number of aromatic hydroxyl groups is 2. The van der Waals surface area contributed by atoms with Gasteiger partial charge in [0.1, 0.15) is 11.5 Å². The molecule has 3 nitrogen and oxygen atoms in total. The molecule has 0 fully saturated rings. The van der Waals surface area contributed by atoms with Gasteiger partial charge in [-0.1, -0.05) is 67.6 Å². The van der Waals surface area contributed by atoms with Crippen LogP contribution < -0.4 is 0 Å². The van der Waals surface area contributed by atoms with Crippen LogP contribution in [0.5, 0.6) is 11.5 Å². The van der Waals surface area contributed by atoms with Crippen LogP contribution in [0.15, 0.2) is 98.1 Å². The van der Waals surface area contributed by atoms with Crippen LogP contribution in [0.4, 0.5) is 0 Å². The zero-order chi connectivity index (χ0) is 21.1. The molecule has 0 aliphatic heterocycles. The van der Waals surface area contributed by atoms with Crippen molar-refractivity contribution in [3.8, 4) is 11.5 Å². The molecule has 2 N–H and O–H groups in total. The number of ether oxygens (including phenoxy) is 1. The maximum atomic E-state index is 9.56. The van der Waals surface area contributed by atoms with Crippen molar-refractivity contribution in [2.75, 3.05) is 13.2 Å². The second-order valence-corrected chi connectivity index (χ2v) is 7.23. The summed E-state index contributed by atoms with van der Waals surface area (Å²) in [5.74, 6) is 0.713. The Hall–Kier alpha value is -3.04. The van der Waals surface area contributed by atoms with E-state index in [1.165, 1.54) is 0 Å². The molecule has 0 saturated heterocycles. The predicted molar refractivity (Wildman–Crippen MR) is 120 cm³/mol. The minimum absolute atomic E-state index is 0.0390. The summed E-state index contributed by atoms with van der Waals surface area (Å²) in [6.07, 6.45) is 13.0. The Kier molecular flexibility index (Phi) is 8.50. The van der Waals surface area contributed by atoms with Crippen LogP contribution in [-0.4, -0.2) is 23.4 Å². The monoisotopic (exact) mass is 390 g/mol. The molecule has 0 amide bonds. The Morgan fingerprint density at radius 3 is 1.76 bits per heavy atom. The minimum atomic E-state index is -0.0390. The lowest BCUT2D eigenvalue weighted by Crippen LogP contribution is -2.25. The van der Waals surface area contributed by atoms with Crippen LogP contribution in [0.1, 0.15) is 30.4 Å². The highest BCUT2D eigenvalue weighted by molar-refractivity contribution is 5.41. The van der Waals surface area contributed by atoms with Crippen molar-refractivity contribution in [1.82, 2.24) is 0 Å². The average molecular weight is 391 g/mol. The molecule has 1 atom stereocenters. The lowest BCUT2D eigenvalue weighted by Gasteiger charge is -2.37. The molecule has 0 spiro atoms. The van der Waals surface area contributed by atoms with Gasteiger partial charge in [0.15, 0.2) is 0 Å². The van der Waals surface area contributed by atoms with Crippen molar-refractivity contribution in [2.24, 2.45) is 5.41 Å². The van der Waals surface area contributed by atoms with Crippen molar-refractivity contribution in [3.05, 3.63) is 109 Å². The molecular weight excluding hydrogens is 360 g/mol. The quantitative estimate of drug-likeness (QED) is 0.442. The van der Waals surface area contributed by atoms with E-state index < -0.39 is 0 Å². The average Bonchev–Trinajstić information content (AvgIpc) is 2.72. The van der Waals surface area contributed by atoms with Gasteiger partial charge in [0.25, 0.3) is 0 Å². The van der Waals surface area contributed by atoms with Crippen molar-refractivity contribution in [2.45, 2.75) is 19.3 Å². The first-order chi connectivity index (χ1) is 14.0. The maximum Gasteiger partial charge on any atom is 0.115 e. The smallest absolute Gasteiger partial charge is 0.115 e. The number of rotatable bonds is 7. The molecule has 0 heterocycles. The first-order valence-electron chi connectivity index (χ1n) is 9.72. The minimum Gasteiger partial charge on any atom is -0.508 e. The Labute approximate surface area is 174 Å². The highest BCUT2D eigenvalue weighted by atomic mass is 16.5. The van der Waals surface area contributed by atoms with Crippen molar-refractivity contribution >= 4 is 0 Å². The number of benzene rings is 2. The first-order valence-corrected chi connectivity index (χ1v) is 9.72. The molecule has 2 aromatic rings. The largest absolute Gasteiger partial charge is 0.508 e. The van der Waals surface area contributed by atoms with Gasteiger partial charge in [0, 0.05) is 11.3 Å². The molecule has 0 saturated carbocycles. The molecule has 152 valence electrons. The molecule has 2 aromatic carbocycles. The summed E-state index contributed by atoms with van der Waals surface area (Å²) in [7, 11) is 0. The standard InChI is InChI=1S/C20H20O2.C6H10O/c1-20(13-3-2-4-14-20)19(15-5-9-17(21)10-6-15)16-7-11-18(22)12-8-16;1-3-5-7-6-4-2/h2-13,19,21-22H,14H2,1H3;3-4H,1-2,5-6H2/t20-;/m1./s1. The van der Waals surface area contributed by atoms with Gasteiger partial charge < -0.3 is 14.9 Å². The van der Waals surface area contributed by atoms with Gasteiger partial charge >= 0.3 is 0 Å². The third kappa shape index (κ3) is 6.51. The molecule has 0 bridgehead atoms. The fraction of sp³-hybridized carbons (Fsp3) is 0.231. The summed E-state index contributed by atoms with van der Waals surface area (Å²) in [5, 5.41) is 19.1. The first kappa shape index (κ1) is 22.3. The molecule has 29 heavy (non-hydrogen) atoms. The lowest BCUT2D eigenvalue weighted by molar-refractivity contribution is 0.194. The van der Waals surface area contributed by atoms with E-state index in [1.807, 2.05) is 24.3 Å². The summed E-state index contributed by atoms with van der Waals surface area (Å²) in [4.78, 5) is 0. The molecular formula is C26H30O3. The van der Waals surface area contributed by atoms with E-state index in [-0.39, 0.29) is 22.8 Å². The van der Waals surface area contributed by atoms with Gasteiger partial charge in [-0.3, -0.25) is 0 Å². The Morgan fingerprint density at radius 1 is 0.897 bits per heavy atom. The summed E-state index contributed by atoms with van der Waals surface area (Å²) in [6, 6.07) is 14.8. The van der Waals surface area contributed by atoms with E-state index in [4.69, 9.17) is 4.74 Å². The van der Waals surface area contributed by atoms with Crippen LogP contribution >= 0.6 is 0 Å². The SMILES string of the molecule is C=CCOCC=C.C[C@@]1(C(c2ccc(O)cc2)c2ccc(O)cc2)C=CC=CC1. The van der Waals surface area contributed by atoms with Crippen molar-refractivity contribution in [1.29, 1.82) is 0 Å². The van der Waals surface area contributed by atoms with Crippen LogP contribution in [0.25, 0.3) is 0 Å². The zero-order valence-electron chi connectivity index (χ0n) is 17.0. The summed E-state index contributed by atoms with van der Waals surface area (Å²) < 4.78 is 4.90. The third-order valence-electron chi connectivity index (χ3n) is 4.87. The molecule has 0 unspecified atom stereocenters. The molecule has 1 aliphatic carbocycles. The molecule has 3 heteroatoms. The molecule has 3 rings (SSSR count). The van der Waals surface area contributed by atoms with Crippen LogP contribution in [0, 0.1) is 5.41 Å². The number of hydrogen-bond acceptors (Lipinski definition) is 3. The Morgan fingerprint density at radius 2 is 1.38 bits per heavy atom. The number of hydrogen-bond donors (Lipinski definition) is 2. The number of allylic oxidation sites excluding steroid dienone is 4. The van der Waals surface area contributed by atoms with E-state index in [2.05, 4.69) is 44.4 Å². The number of phenolic OH excluding ortho intramolecular Hbond substituents is 2. The van der Waals surface area contributed by atoms with E-state index in [0.717, 1.165) is 17.5 Å². The Balaban J connectivity index is 0.000000370. The topological polar surface area (TPSA) is 49.7 Å². The van der Waals surface area contributed by atoms with Gasteiger partial charge in [-0.2, -0.15) is 0 Å². The summed E-state index contributed by atoms with van der Waals surface area (Å²) in [5.41, 5.74) is 2.28. The molecule has 0 aromatic heterocycles. The van der Waals surface area contributed by atoms with E-state index in [9.17, 15) is 10.2 Å². The summed E-state index contributed by atoms with van der Waals surface area (Å²) in [6.45, 7) is 10.4. The number of phenols is 2. The highest BCUT2D eigenvalue weighted by Crippen LogP contribution is 2.46. The predicted octanol–water partition coefficient (Wildman–Crippen LogP) is 6.13. The third-order valence-corrected chi connectivity index (χ3v) is 4.87. The van der Waals surface area contributed by atoms with Crippen LogP contribution in [0.2, 0.25) is 0 Å². The van der Waals surface area contributed by atoms with E-state index in [0.29, 0.717) is 13.2 Å². The fourth-order valence-corrected chi connectivity index (χ4v) is 3.48. The normalized spacial score (nSPS) is 17.4. The van der Waals surface area contributed by atoms with Gasteiger partial charge in [-0.05, 0) is 41.8 Å². The van der Waals surface area contributed by atoms with Gasteiger partial charge in [0.2, 0.25) is 0 Å². The van der Waals surface area contributed by atoms with Gasteiger partial charge in [0.05, 0.1) is 13.2 Å². The van der Waals surface area contributed by atoms with Crippen molar-refractivity contribution in [3.63, 3.8) is 0 Å². The van der Waals surface area contributed by atoms with E-state index >= 15 is 0 Å². The van der Waals surface area contributed by atoms with Crippen LogP contribution in [-0.2, 0) is 4.74 Å². The van der Waals surface area contributed by atoms with Crippen molar-refractivity contribution < 1.29 is 14.9 Å². The highest BCUT2D eigenvalue weighted by Gasteiger charge is 2.34. The second-order valence-electron chi connectivity index (χ2n) is 7.23. The summed E-state index contributed by atoms with van der Waals surface area (Å²) >= 11 is 0.